The number of benzene rings is 1. The standard InChI is InChI=1S/C20H25N3O2/c1-15-11-16(2)23(21-15)18-6-3-5-17(12-18)19(24)22-9-4-7-20(13-22)8-10-25-14-20/h3,5-6,11-12H,4,7-10,13-14H2,1-2H3/t20-/m1/s1. The minimum atomic E-state index is 0.120. The average Bonchev–Trinajstić information content (AvgIpc) is 3.20. The molecule has 2 saturated heterocycles. The van der Waals surface area contributed by atoms with Crippen molar-refractivity contribution in [3.8, 4) is 5.69 Å². The maximum atomic E-state index is 13.1. The molecule has 0 saturated carbocycles. The van der Waals surface area contributed by atoms with Gasteiger partial charge in [-0.3, -0.25) is 4.79 Å². The van der Waals surface area contributed by atoms with Gasteiger partial charge in [-0.05, 0) is 57.4 Å². The zero-order valence-electron chi connectivity index (χ0n) is 15.0. The van der Waals surface area contributed by atoms with Crippen LogP contribution in [0.5, 0.6) is 0 Å². The summed E-state index contributed by atoms with van der Waals surface area (Å²) >= 11 is 0. The largest absolute Gasteiger partial charge is 0.381 e. The maximum Gasteiger partial charge on any atom is 0.253 e. The highest BCUT2D eigenvalue weighted by atomic mass is 16.5. The number of aryl methyl sites for hydroxylation is 2. The van der Waals surface area contributed by atoms with E-state index >= 15 is 0 Å². The monoisotopic (exact) mass is 339 g/mol. The molecule has 1 aromatic carbocycles. The van der Waals surface area contributed by atoms with Gasteiger partial charge in [-0.25, -0.2) is 4.68 Å². The summed E-state index contributed by atoms with van der Waals surface area (Å²) in [5.41, 5.74) is 3.91. The normalized spacial score (nSPS) is 23.4. The summed E-state index contributed by atoms with van der Waals surface area (Å²) in [4.78, 5) is 15.1. The smallest absolute Gasteiger partial charge is 0.253 e. The third kappa shape index (κ3) is 3.09. The van der Waals surface area contributed by atoms with E-state index in [2.05, 4.69) is 5.10 Å². The molecule has 4 rings (SSSR count). The summed E-state index contributed by atoms with van der Waals surface area (Å²) in [6.07, 6.45) is 3.30. The summed E-state index contributed by atoms with van der Waals surface area (Å²) in [5, 5.41) is 4.53. The third-order valence-corrected chi connectivity index (χ3v) is 5.48. The Morgan fingerprint density at radius 1 is 1.24 bits per heavy atom. The Bertz CT molecular complexity index is 790. The van der Waals surface area contributed by atoms with Crippen LogP contribution in [0.1, 0.15) is 41.0 Å². The molecular formula is C20H25N3O2. The SMILES string of the molecule is Cc1cc(C)n(-c2cccc(C(=O)N3CCC[C@@]4(CCOC4)C3)c2)n1. The molecule has 0 aliphatic carbocycles. The van der Waals surface area contributed by atoms with Crippen LogP contribution in [0.15, 0.2) is 30.3 Å². The van der Waals surface area contributed by atoms with Crippen LogP contribution in [0.2, 0.25) is 0 Å². The second-order valence-corrected chi connectivity index (χ2v) is 7.52. The van der Waals surface area contributed by atoms with Crippen molar-refractivity contribution in [2.45, 2.75) is 33.1 Å². The second kappa shape index (κ2) is 6.30. The van der Waals surface area contributed by atoms with Crippen molar-refractivity contribution in [3.05, 3.63) is 47.3 Å². The Hall–Kier alpha value is -2.14. The molecule has 2 aliphatic heterocycles. The van der Waals surface area contributed by atoms with Crippen LogP contribution in [0.3, 0.4) is 0 Å². The molecule has 5 heteroatoms. The lowest BCUT2D eigenvalue weighted by Gasteiger charge is -2.39. The van der Waals surface area contributed by atoms with Crippen molar-refractivity contribution in [2.24, 2.45) is 5.41 Å². The minimum absolute atomic E-state index is 0.120. The number of aromatic nitrogens is 2. The summed E-state index contributed by atoms with van der Waals surface area (Å²) in [6.45, 7) is 7.29. The Kier molecular flexibility index (Phi) is 4.12. The molecule has 5 nitrogen and oxygen atoms in total. The maximum absolute atomic E-state index is 13.1. The highest BCUT2D eigenvalue weighted by molar-refractivity contribution is 5.94. The van der Waals surface area contributed by atoms with E-state index in [4.69, 9.17) is 4.74 Å². The second-order valence-electron chi connectivity index (χ2n) is 7.52. The van der Waals surface area contributed by atoms with Crippen LogP contribution in [-0.4, -0.2) is 46.9 Å². The molecule has 0 radical (unpaired) electrons. The first-order valence-electron chi connectivity index (χ1n) is 9.07. The third-order valence-electron chi connectivity index (χ3n) is 5.48. The lowest BCUT2D eigenvalue weighted by Crippen LogP contribution is -2.46. The summed E-state index contributed by atoms with van der Waals surface area (Å²) < 4.78 is 7.51. The van der Waals surface area contributed by atoms with E-state index in [-0.39, 0.29) is 11.3 Å². The summed E-state index contributed by atoms with van der Waals surface area (Å²) in [7, 11) is 0. The molecule has 1 spiro atoms. The van der Waals surface area contributed by atoms with E-state index in [1.165, 1.54) is 6.42 Å². The van der Waals surface area contributed by atoms with E-state index in [0.29, 0.717) is 0 Å². The summed E-state index contributed by atoms with van der Waals surface area (Å²) in [6, 6.07) is 9.84. The molecule has 0 unspecified atom stereocenters. The Balaban J connectivity index is 1.58. The predicted molar refractivity (Wildman–Crippen MR) is 96.0 cm³/mol. The number of rotatable bonds is 2. The quantitative estimate of drug-likeness (QED) is 0.844. The topological polar surface area (TPSA) is 47.4 Å². The van der Waals surface area contributed by atoms with Crippen molar-refractivity contribution in [1.82, 2.24) is 14.7 Å². The van der Waals surface area contributed by atoms with Crippen LogP contribution < -0.4 is 0 Å². The van der Waals surface area contributed by atoms with Gasteiger partial charge < -0.3 is 9.64 Å². The van der Waals surface area contributed by atoms with Crippen LogP contribution in [0.4, 0.5) is 0 Å². The number of carbonyl (C=O) groups is 1. The Morgan fingerprint density at radius 3 is 2.84 bits per heavy atom. The fourth-order valence-corrected chi connectivity index (χ4v) is 4.20. The molecule has 0 bridgehead atoms. The van der Waals surface area contributed by atoms with Crippen molar-refractivity contribution >= 4 is 5.91 Å². The van der Waals surface area contributed by atoms with Gasteiger partial charge in [0, 0.05) is 36.4 Å². The fourth-order valence-electron chi connectivity index (χ4n) is 4.20. The van der Waals surface area contributed by atoms with Crippen LogP contribution >= 0.6 is 0 Å². The summed E-state index contributed by atoms with van der Waals surface area (Å²) in [5.74, 6) is 0.120. The van der Waals surface area contributed by atoms with E-state index in [0.717, 1.165) is 61.8 Å². The zero-order valence-corrected chi connectivity index (χ0v) is 15.0. The van der Waals surface area contributed by atoms with E-state index < -0.39 is 0 Å². The molecule has 132 valence electrons. The molecule has 1 atom stereocenters. The van der Waals surface area contributed by atoms with Gasteiger partial charge in [0.05, 0.1) is 18.0 Å². The highest BCUT2D eigenvalue weighted by Gasteiger charge is 2.40. The average molecular weight is 339 g/mol. The van der Waals surface area contributed by atoms with Crippen molar-refractivity contribution in [1.29, 1.82) is 0 Å². The van der Waals surface area contributed by atoms with Gasteiger partial charge in [-0.15, -0.1) is 0 Å². The zero-order chi connectivity index (χ0) is 17.4. The minimum Gasteiger partial charge on any atom is -0.381 e. The number of likely N-dealkylation sites (tertiary alicyclic amines) is 1. The van der Waals surface area contributed by atoms with Gasteiger partial charge in [-0.1, -0.05) is 6.07 Å². The first-order valence-corrected chi connectivity index (χ1v) is 9.07. The molecule has 2 aliphatic rings. The predicted octanol–water partition coefficient (Wildman–Crippen LogP) is 3.13. The first kappa shape index (κ1) is 16.3. The van der Waals surface area contributed by atoms with E-state index in [9.17, 15) is 4.79 Å². The van der Waals surface area contributed by atoms with Gasteiger partial charge in [0.2, 0.25) is 0 Å². The molecule has 0 N–H and O–H groups in total. The van der Waals surface area contributed by atoms with Crippen LogP contribution in [0, 0.1) is 19.3 Å². The van der Waals surface area contributed by atoms with Gasteiger partial charge in [0.25, 0.3) is 5.91 Å². The van der Waals surface area contributed by atoms with Crippen molar-refractivity contribution in [3.63, 3.8) is 0 Å². The number of hydrogen-bond donors (Lipinski definition) is 0. The molecular weight excluding hydrogens is 314 g/mol. The van der Waals surface area contributed by atoms with E-state index in [1.54, 1.807) is 0 Å². The molecule has 3 heterocycles. The number of nitrogens with zero attached hydrogens (tertiary/aromatic N) is 3. The fraction of sp³-hybridized carbons (Fsp3) is 0.500. The van der Waals surface area contributed by atoms with E-state index in [1.807, 2.05) is 53.8 Å². The molecule has 2 fully saturated rings. The molecule has 1 aromatic heterocycles. The Morgan fingerprint density at radius 2 is 2.12 bits per heavy atom. The molecule has 2 aromatic rings. The van der Waals surface area contributed by atoms with Gasteiger partial charge in [0.1, 0.15) is 0 Å². The lowest BCUT2D eigenvalue weighted by atomic mass is 9.79. The van der Waals surface area contributed by atoms with Crippen LogP contribution in [-0.2, 0) is 4.74 Å². The highest BCUT2D eigenvalue weighted by Crippen LogP contribution is 2.38. The van der Waals surface area contributed by atoms with Gasteiger partial charge in [-0.2, -0.15) is 5.10 Å². The van der Waals surface area contributed by atoms with Crippen molar-refractivity contribution < 1.29 is 9.53 Å². The van der Waals surface area contributed by atoms with Crippen molar-refractivity contribution in [2.75, 3.05) is 26.3 Å². The number of carbonyl (C=O) groups excluding carboxylic acids is 1. The number of ether oxygens (including phenoxy) is 1. The number of amides is 1. The number of hydrogen-bond acceptors (Lipinski definition) is 3. The Labute approximate surface area is 148 Å². The molecule has 1 amide bonds. The molecule has 25 heavy (non-hydrogen) atoms. The number of piperidine rings is 1. The van der Waals surface area contributed by atoms with Gasteiger partial charge in [0.15, 0.2) is 0 Å². The van der Waals surface area contributed by atoms with Crippen LogP contribution in [0.25, 0.3) is 5.69 Å². The first-order chi connectivity index (χ1) is 12.1. The lowest BCUT2D eigenvalue weighted by molar-refractivity contribution is 0.0462. The van der Waals surface area contributed by atoms with Gasteiger partial charge >= 0.3 is 0 Å².